The summed E-state index contributed by atoms with van der Waals surface area (Å²) in [6, 6.07) is 3.57. The summed E-state index contributed by atoms with van der Waals surface area (Å²) in [5, 5.41) is 19.4. The first kappa shape index (κ1) is 25.9. The first-order chi connectivity index (χ1) is 17.7. The van der Waals surface area contributed by atoms with Crippen LogP contribution in [0.4, 0.5) is 8.78 Å². The van der Waals surface area contributed by atoms with Gasteiger partial charge in [-0.2, -0.15) is 0 Å². The lowest BCUT2D eigenvalue weighted by Crippen LogP contribution is -2.49. The van der Waals surface area contributed by atoms with E-state index < -0.39 is 24.5 Å². The zero-order chi connectivity index (χ0) is 26.4. The number of nitrogens with one attached hydrogen (secondary N) is 1. The number of benzene rings is 1. The van der Waals surface area contributed by atoms with Crippen molar-refractivity contribution in [3.63, 3.8) is 0 Å². The number of fused-ring (bicyclic) bond motifs is 2. The van der Waals surface area contributed by atoms with E-state index in [2.05, 4.69) is 9.97 Å². The molecule has 1 aromatic heterocycles. The van der Waals surface area contributed by atoms with Crippen molar-refractivity contribution in [2.24, 2.45) is 0 Å². The second-order valence-electron chi connectivity index (χ2n) is 10.1. The number of halogens is 3. The Labute approximate surface area is 219 Å². The number of carbonyl (C=O) groups is 1. The average molecular weight is 534 g/mol. The highest BCUT2D eigenvalue weighted by atomic mass is 35.5. The number of aromatic nitrogens is 2. The molecule has 3 fully saturated rings. The molecule has 5 atom stereocenters. The highest BCUT2D eigenvalue weighted by molar-refractivity contribution is 6.31. The lowest BCUT2D eigenvalue weighted by atomic mass is 9.99. The molecule has 3 saturated heterocycles. The average Bonchev–Trinajstić information content (AvgIpc) is 3.31. The third-order valence-corrected chi connectivity index (χ3v) is 8.23. The number of rotatable bonds is 6. The fourth-order valence-electron chi connectivity index (χ4n) is 5.91. The van der Waals surface area contributed by atoms with Crippen molar-refractivity contribution in [2.75, 3.05) is 26.3 Å². The van der Waals surface area contributed by atoms with Gasteiger partial charge in [0.25, 0.3) is 5.91 Å². The number of likely N-dealkylation sites (tertiary alicyclic amines) is 1. The van der Waals surface area contributed by atoms with E-state index in [0.717, 1.165) is 0 Å². The van der Waals surface area contributed by atoms with Gasteiger partial charge in [-0.25, -0.2) is 18.7 Å². The fraction of sp³-hybridized carbons (Fsp3) is 0.538. The highest BCUT2D eigenvalue weighted by Crippen LogP contribution is 2.38. The van der Waals surface area contributed by atoms with Crippen LogP contribution >= 0.6 is 11.6 Å². The maximum atomic E-state index is 14.2. The maximum absolute atomic E-state index is 14.2. The van der Waals surface area contributed by atoms with Gasteiger partial charge in [0.2, 0.25) is 0 Å². The van der Waals surface area contributed by atoms with Crippen molar-refractivity contribution >= 4 is 23.2 Å². The van der Waals surface area contributed by atoms with Gasteiger partial charge < -0.3 is 20.2 Å². The summed E-state index contributed by atoms with van der Waals surface area (Å²) in [6.45, 7) is 3.64. The standard InChI is InChI=1S/C26H30ClF2N5O3/c1-13-24(27)14(2)32-25(31-13)19-11-33(12-20(19)30)26(36)18-4-3-15(29)7-23(18)37-17-8-16-9-22(35)21(10-17)34(16)6-5-28/h3-4,7,16-17,19,21-22,30,35H,5-6,8-12H2,1-2H3. The molecular formula is C26H30ClF2N5O3. The van der Waals surface area contributed by atoms with E-state index in [0.29, 0.717) is 47.2 Å². The third-order valence-electron chi connectivity index (χ3n) is 7.69. The second-order valence-corrected chi connectivity index (χ2v) is 10.5. The van der Waals surface area contributed by atoms with Crippen molar-refractivity contribution in [3.8, 4) is 5.75 Å². The fourth-order valence-corrected chi connectivity index (χ4v) is 5.99. The molecule has 0 radical (unpaired) electrons. The zero-order valence-corrected chi connectivity index (χ0v) is 21.5. The molecule has 5 rings (SSSR count). The topological polar surface area (TPSA) is 103 Å². The number of alkyl halides is 1. The number of carbonyl (C=O) groups excluding carboxylic acids is 1. The van der Waals surface area contributed by atoms with Crippen LogP contribution < -0.4 is 4.74 Å². The Kier molecular flexibility index (Phi) is 7.17. The van der Waals surface area contributed by atoms with E-state index in [1.807, 2.05) is 4.90 Å². The Morgan fingerprint density at radius 1 is 1.24 bits per heavy atom. The number of nitrogens with zero attached hydrogens (tertiary/aromatic N) is 4. The number of hydrogen-bond acceptors (Lipinski definition) is 7. The molecule has 0 saturated carbocycles. The smallest absolute Gasteiger partial charge is 0.257 e. The molecule has 11 heteroatoms. The second kappa shape index (κ2) is 10.2. The van der Waals surface area contributed by atoms with Gasteiger partial charge in [0, 0.05) is 43.4 Å². The third kappa shape index (κ3) is 4.94. The van der Waals surface area contributed by atoms with Crippen LogP contribution in [0.15, 0.2) is 18.2 Å². The van der Waals surface area contributed by atoms with Crippen LogP contribution in [-0.2, 0) is 0 Å². The van der Waals surface area contributed by atoms with Gasteiger partial charge in [0.05, 0.1) is 40.5 Å². The lowest BCUT2D eigenvalue weighted by molar-refractivity contribution is 0.0219. The predicted molar refractivity (Wildman–Crippen MR) is 134 cm³/mol. The van der Waals surface area contributed by atoms with Crippen LogP contribution in [0.3, 0.4) is 0 Å². The molecule has 2 aromatic rings. The van der Waals surface area contributed by atoms with Crippen molar-refractivity contribution in [3.05, 3.63) is 51.8 Å². The Morgan fingerprint density at radius 2 is 1.97 bits per heavy atom. The number of piperidine rings is 1. The molecule has 2 N–H and O–H groups in total. The molecule has 0 spiro atoms. The minimum atomic E-state index is -0.561. The number of aliphatic hydroxyl groups excluding tert-OH is 1. The summed E-state index contributed by atoms with van der Waals surface area (Å²) in [5.41, 5.74) is 1.75. The van der Waals surface area contributed by atoms with Crippen LogP contribution in [0.1, 0.15) is 52.8 Å². The van der Waals surface area contributed by atoms with E-state index in [1.165, 1.54) is 23.1 Å². The van der Waals surface area contributed by atoms with Gasteiger partial charge in [-0.05, 0) is 38.8 Å². The van der Waals surface area contributed by atoms with Gasteiger partial charge in [0.15, 0.2) is 0 Å². The number of ether oxygens (including phenoxy) is 1. The van der Waals surface area contributed by atoms with Crippen molar-refractivity contribution in [1.82, 2.24) is 19.8 Å². The number of amides is 1. The molecule has 8 nitrogen and oxygen atoms in total. The van der Waals surface area contributed by atoms with Crippen molar-refractivity contribution in [1.29, 1.82) is 5.41 Å². The molecule has 2 bridgehead atoms. The first-order valence-electron chi connectivity index (χ1n) is 12.5. The largest absolute Gasteiger partial charge is 0.489 e. The van der Waals surface area contributed by atoms with Crippen LogP contribution in [-0.4, -0.2) is 87.1 Å². The predicted octanol–water partition coefficient (Wildman–Crippen LogP) is 3.46. The summed E-state index contributed by atoms with van der Waals surface area (Å²) in [6.07, 6.45) is 0.664. The monoisotopic (exact) mass is 533 g/mol. The summed E-state index contributed by atoms with van der Waals surface area (Å²) >= 11 is 6.19. The molecule has 198 valence electrons. The summed E-state index contributed by atoms with van der Waals surface area (Å²) in [4.78, 5) is 25.9. The molecule has 0 aliphatic carbocycles. The highest BCUT2D eigenvalue weighted by Gasteiger charge is 2.47. The Morgan fingerprint density at radius 3 is 2.65 bits per heavy atom. The molecule has 1 aromatic carbocycles. The Balaban J connectivity index is 1.34. The lowest BCUT2D eigenvalue weighted by Gasteiger charge is -2.38. The molecule has 3 aliphatic heterocycles. The molecule has 3 aliphatic rings. The molecule has 5 unspecified atom stereocenters. The minimum Gasteiger partial charge on any atom is -0.489 e. The van der Waals surface area contributed by atoms with E-state index >= 15 is 0 Å². The quantitative estimate of drug-likeness (QED) is 0.589. The van der Waals surface area contributed by atoms with Gasteiger partial charge >= 0.3 is 0 Å². The minimum absolute atomic E-state index is 0.0201. The number of aliphatic hydroxyl groups is 1. The van der Waals surface area contributed by atoms with E-state index in [-0.39, 0.29) is 55.0 Å². The van der Waals surface area contributed by atoms with Gasteiger partial charge in [0.1, 0.15) is 30.2 Å². The Bertz CT molecular complexity index is 1210. The molecule has 4 heterocycles. The van der Waals surface area contributed by atoms with Crippen LogP contribution in [0.25, 0.3) is 0 Å². The van der Waals surface area contributed by atoms with Crippen LogP contribution in [0.5, 0.6) is 5.75 Å². The first-order valence-corrected chi connectivity index (χ1v) is 12.9. The van der Waals surface area contributed by atoms with Crippen molar-refractivity contribution < 1.29 is 23.4 Å². The van der Waals surface area contributed by atoms with Crippen LogP contribution in [0, 0.1) is 25.1 Å². The van der Waals surface area contributed by atoms with Gasteiger partial charge in [-0.1, -0.05) is 11.6 Å². The summed E-state index contributed by atoms with van der Waals surface area (Å²) in [7, 11) is 0. The van der Waals surface area contributed by atoms with Gasteiger partial charge in [-0.15, -0.1) is 0 Å². The summed E-state index contributed by atoms with van der Waals surface area (Å²) < 4.78 is 33.4. The summed E-state index contributed by atoms with van der Waals surface area (Å²) in [5.74, 6) is -0.781. The van der Waals surface area contributed by atoms with E-state index in [1.54, 1.807) is 13.8 Å². The van der Waals surface area contributed by atoms with Crippen molar-refractivity contribution in [2.45, 2.75) is 63.3 Å². The molecule has 1 amide bonds. The number of hydrogen-bond donors (Lipinski definition) is 2. The van der Waals surface area contributed by atoms with Gasteiger partial charge in [-0.3, -0.25) is 9.69 Å². The number of aryl methyl sites for hydroxylation is 2. The molecule has 37 heavy (non-hydrogen) atoms. The SMILES string of the molecule is Cc1nc(C2CN(C(=O)c3ccc(F)cc3OC3CC4CC(O)C(C3)N4CCF)CC2=N)nc(C)c1Cl. The maximum Gasteiger partial charge on any atom is 0.257 e. The Hall–Kier alpha value is -2.69. The van der Waals surface area contributed by atoms with E-state index in [4.69, 9.17) is 21.7 Å². The zero-order valence-electron chi connectivity index (χ0n) is 20.8. The molecular weight excluding hydrogens is 504 g/mol. The van der Waals surface area contributed by atoms with E-state index in [9.17, 15) is 18.7 Å². The van der Waals surface area contributed by atoms with Crippen LogP contribution in [0.2, 0.25) is 5.02 Å². The normalized spacial score (nSPS) is 27.7.